The molecule has 1 aliphatic heterocycles. The lowest BCUT2D eigenvalue weighted by atomic mass is 10.0. The maximum atomic E-state index is 6.02. The van der Waals surface area contributed by atoms with E-state index in [1.807, 2.05) is 12.1 Å². The molecule has 106 valence electrons. The van der Waals surface area contributed by atoms with Gasteiger partial charge in [-0.2, -0.15) is 0 Å². The van der Waals surface area contributed by atoms with Crippen molar-refractivity contribution in [2.24, 2.45) is 5.73 Å². The van der Waals surface area contributed by atoms with Crippen molar-refractivity contribution in [3.63, 3.8) is 0 Å². The van der Waals surface area contributed by atoms with E-state index in [1.54, 1.807) is 7.11 Å². The largest absolute Gasteiger partial charge is 0.497 e. The number of nitrogens with two attached hydrogens (primary N) is 1. The van der Waals surface area contributed by atoms with Gasteiger partial charge in [-0.05, 0) is 31.7 Å². The summed E-state index contributed by atoms with van der Waals surface area (Å²) in [6.07, 6.45) is 0. The molecule has 0 aromatic heterocycles. The fraction of sp³-hybridized carbons (Fsp3) is 0.600. The molecule has 1 heterocycles. The summed E-state index contributed by atoms with van der Waals surface area (Å²) in [5.41, 5.74) is 7.29. The molecule has 19 heavy (non-hydrogen) atoms. The van der Waals surface area contributed by atoms with Crippen molar-refractivity contribution in [2.45, 2.75) is 19.0 Å². The lowest BCUT2D eigenvalue weighted by molar-refractivity contribution is 0.0635. The second kappa shape index (κ2) is 6.37. The highest BCUT2D eigenvalue weighted by Gasteiger charge is 2.28. The Bertz CT molecular complexity index is 393. The molecule has 0 aliphatic carbocycles. The number of ether oxygens (including phenoxy) is 1. The zero-order valence-electron chi connectivity index (χ0n) is 12.2. The highest BCUT2D eigenvalue weighted by Crippen LogP contribution is 2.25. The molecule has 1 fully saturated rings. The first kappa shape index (κ1) is 14.3. The molecule has 1 aromatic carbocycles. The first-order chi connectivity index (χ1) is 9.15. The van der Waals surface area contributed by atoms with Gasteiger partial charge < -0.3 is 15.4 Å². The molecule has 0 bridgehead atoms. The first-order valence-electron chi connectivity index (χ1n) is 6.94. The van der Waals surface area contributed by atoms with E-state index in [9.17, 15) is 0 Å². The molecule has 2 unspecified atom stereocenters. The SMILES string of the molecule is COc1ccc(C(CN)N2CCN(C)CC2C)cc1. The van der Waals surface area contributed by atoms with Gasteiger partial charge in [-0.25, -0.2) is 0 Å². The van der Waals surface area contributed by atoms with Crippen LogP contribution >= 0.6 is 0 Å². The van der Waals surface area contributed by atoms with Crippen molar-refractivity contribution in [2.75, 3.05) is 40.3 Å². The molecule has 1 saturated heterocycles. The Hall–Kier alpha value is -1.10. The lowest BCUT2D eigenvalue weighted by Crippen LogP contribution is -2.52. The Kier molecular flexibility index (Phi) is 4.80. The summed E-state index contributed by atoms with van der Waals surface area (Å²) in [7, 11) is 3.87. The van der Waals surface area contributed by atoms with E-state index in [0.717, 1.165) is 25.4 Å². The monoisotopic (exact) mass is 263 g/mol. The molecule has 1 aliphatic rings. The maximum absolute atomic E-state index is 6.02. The summed E-state index contributed by atoms with van der Waals surface area (Å²) in [5.74, 6) is 0.894. The number of rotatable bonds is 4. The predicted octanol–water partition coefficient (Wildman–Crippen LogP) is 1.33. The Balaban J connectivity index is 2.14. The van der Waals surface area contributed by atoms with Crippen molar-refractivity contribution < 1.29 is 4.74 Å². The molecule has 4 nitrogen and oxygen atoms in total. The molecular formula is C15H25N3O. The van der Waals surface area contributed by atoms with E-state index in [-0.39, 0.29) is 0 Å². The zero-order valence-corrected chi connectivity index (χ0v) is 12.2. The summed E-state index contributed by atoms with van der Waals surface area (Å²) in [6.45, 7) is 6.22. The highest BCUT2D eigenvalue weighted by molar-refractivity contribution is 5.29. The maximum Gasteiger partial charge on any atom is 0.118 e. The Morgan fingerprint density at radius 2 is 2.00 bits per heavy atom. The Morgan fingerprint density at radius 1 is 1.32 bits per heavy atom. The molecule has 2 atom stereocenters. The molecule has 1 aromatic rings. The molecule has 0 spiro atoms. The number of nitrogens with zero attached hydrogens (tertiary/aromatic N) is 2. The van der Waals surface area contributed by atoms with Gasteiger partial charge in [-0.3, -0.25) is 4.90 Å². The normalized spacial score (nSPS) is 23.3. The first-order valence-corrected chi connectivity index (χ1v) is 6.94. The average molecular weight is 263 g/mol. The van der Waals surface area contributed by atoms with Crippen molar-refractivity contribution >= 4 is 0 Å². The fourth-order valence-corrected chi connectivity index (χ4v) is 2.91. The number of methoxy groups -OCH3 is 1. The van der Waals surface area contributed by atoms with Crippen LogP contribution in [0.1, 0.15) is 18.5 Å². The highest BCUT2D eigenvalue weighted by atomic mass is 16.5. The zero-order chi connectivity index (χ0) is 13.8. The van der Waals surface area contributed by atoms with E-state index < -0.39 is 0 Å². The number of hydrogen-bond acceptors (Lipinski definition) is 4. The molecular weight excluding hydrogens is 238 g/mol. The van der Waals surface area contributed by atoms with Gasteiger partial charge in [0.25, 0.3) is 0 Å². The molecule has 2 rings (SSSR count). The molecule has 0 saturated carbocycles. The minimum absolute atomic E-state index is 0.301. The topological polar surface area (TPSA) is 41.7 Å². The smallest absolute Gasteiger partial charge is 0.118 e. The van der Waals surface area contributed by atoms with Gasteiger partial charge in [0.1, 0.15) is 5.75 Å². The molecule has 4 heteroatoms. The van der Waals surface area contributed by atoms with Crippen LogP contribution in [0.2, 0.25) is 0 Å². The van der Waals surface area contributed by atoms with E-state index in [4.69, 9.17) is 10.5 Å². The van der Waals surface area contributed by atoms with Gasteiger partial charge in [0.05, 0.1) is 7.11 Å². The van der Waals surface area contributed by atoms with Gasteiger partial charge in [0.15, 0.2) is 0 Å². The van der Waals surface area contributed by atoms with Crippen molar-refractivity contribution in [3.05, 3.63) is 29.8 Å². The average Bonchev–Trinajstić information content (AvgIpc) is 2.42. The Labute approximate surface area is 116 Å². The van der Waals surface area contributed by atoms with Crippen LogP contribution in [0.25, 0.3) is 0 Å². The van der Waals surface area contributed by atoms with Crippen LogP contribution in [0, 0.1) is 0 Å². The molecule has 0 amide bonds. The summed E-state index contributed by atoms with van der Waals surface area (Å²) in [4.78, 5) is 4.89. The van der Waals surface area contributed by atoms with Gasteiger partial charge in [-0.15, -0.1) is 0 Å². The van der Waals surface area contributed by atoms with Crippen LogP contribution in [0.4, 0.5) is 0 Å². The van der Waals surface area contributed by atoms with E-state index >= 15 is 0 Å². The van der Waals surface area contributed by atoms with Crippen molar-refractivity contribution in [3.8, 4) is 5.75 Å². The summed E-state index contributed by atoms with van der Waals surface area (Å²) in [5, 5.41) is 0. The number of hydrogen-bond donors (Lipinski definition) is 1. The predicted molar refractivity (Wildman–Crippen MR) is 78.5 cm³/mol. The Morgan fingerprint density at radius 3 is 2.53 bits per heavy atom. The summed E-state index contributed by atoms with van der Waals surface area (Å²) < 4.78 is 5.21. The van der Waals surface area contributed by atoms with Crippen LogP contribution in [-0.4, -0.2) is 56.2 Å². The minimum Gasteiger partial charge on any atom is -0.497 e. The number of likely N-dealkylation sites (N-methyl/N-ethyl adjacent to an activating group) is 1. The quantitative estimate of drug-likeness (QED) is 0.890. The minimum atomic E-state index is 0.301. The summed E-state index contributed by atoms with van der Waals surface area (Å²) >= 11 is 0. The lowest BCUT2D eigenvalue weighted by Gasteiger charge is -2.42. The number of piperazine rings is 1. The van der Waals surface area contributed by atoms with E-state index in [1.165, 1.54) is 5.56 Å². The van der Waals surface area contributed by atoms with Crippen LogP contribution in [0.5, 0.6) is 5.75 Å². The second-order valence-electron chi connectivity index (χ2n) is 5.37. The summed E-state index contributed by atoms with van der Waals surface area (Å²) in [6, 6.07) is 9.12. The van der Waals surface area contributed by atoms with Crippen molar-refractivity contribution in [1.29, 1.82) is 0 Å². The van der Waals surface area contributed by atoms with Crippen molar-refractivity contribution in [1.82, 2.24) is 9.80 Å². The van der Waals surface area contributed by atoms with E-state index in [2.05, 4.69) is 35.9 Å². The molecule has 2 N–H and O–H groups in total. The van der Waals surface area contributed by atoms with Crippen LogP contribution < -0.4 is 10.5 Å². The van der Waals surface area contributed by atoms with Crippen LogP contribution in [0.15, 0.2) is 24.3 Å². The van der Waals surface area contributed by atoms with Crippen LogP contribution in [0.3, 0.4) is 0 Å². The fourth-order valence-electron chi connectivity index (χ4n) is 2.91. The van der Waals surface area contributed by atoms with Gasteiger partial charge in [-0.1, -0.05) is 12.1 Å². The third kappa shape index (κ3) is 3.26. The second-order valence-corrected chi connectivity index (χ2v) is 5.37. The van der Waals surface area contributed by atoms with Crippen LogP contribution in [-0.2, 0) is 0 Å². The van der Waals surface area contributed by atoms with Gasteiger partial charge in [0.2, 0.25) is 0 Å². The van der Waals surface area contributed by atoms with E-state index in [0.29, 0.717) is 18.6 Å². The standard InChI is InChI=1S/C15H25N3O/c1-12-11-17(2)8-9-18(12)15(10-16)13-4-6-14(19-3)7-5-13/h4-7,12,15H,8-11,16H2,1-3H3. The van der Waals surface area contributed by atoms with Gasteiger partial charge in [0, 0.05) is 38.3 Å². The molecule has 0 radical (unpaired) electrons. The number of benzene rings is 1. The third-order valence-electron chi connectivity index (χ3n) is 4.01. The van der Waals surface area contributed by atoms with Gasteiger partial charge >= 0.3 is 0 Å². The third-order valence-corrected chi connectivity index (χ3v) is 4.01.